The fourth-order valence-corrected chi connectivity index (χ4v) is 3.85. The van der Waals surface area contributed by atoms with E-state index in [1.807, 2.05) is 18.2 Å². The molecule has 1 fully saturated rings. The Kier molecular flexibility index (Phi) is 5.29. The molecule has 2 aliphatic rings. The van der Waals surface area contributed by atoms with Crippen molar-refractivity contribution >= 4 is 23.5 Å². The molecule has 0 aliphatic carbocycles. The lowest BCUT2D eigenvalue weighted by atomic mass is 9.91. The number of benzene rings is 3. The van der Waals surface area contributed by atoms with Crippen molar-refractivity contribution in [2.24, 2.45) is 0 Å². The number of para-hydroxylation sites is 3. The van der Waals surface area contributed by atoms with Crippen molar-refractivity contribution in [2.75, 3.05) is 18.7 Å². The molecule has 3 aromatic carbocycles. The molecule has 3 aromatic rings. The molecule has 172 valence electrons. The second kappa shape index (κ2) is 8.43. The molecular formula is C25H21N3O6. The van der Waals surface area contributed by atoms with Crippen molar-refractivity contribution in [2.45, 2.75) is 12.5 Å². The number of amides is 4. The fraction of sp³-hybridized carbons (Fsp3) is 0.160. The molecule has 1 saturated heterocycles. The maximum absolute atomic E-state index is 13.2. The van der Waals surface area contributed by atoms with Gasteiger partial charge < -0.3 is 24.8 Å². The molecule has 9 nitrogen and oxygen atoms in total. The second-order valence-corrected chi connectivity index (χ2v) is 7.97. The first-order valence-corrected chi connectivity index (χ1v) is 10.6. The molecule has 0 spiro atoms. The van der Waals surface area contributed by atoms with E-state index >= 15 is 0 Å². The van der Waals surface area contributed by atoms with E-state index in [0.717, 1.165) is 4.90 Å². The van der Waals surface area contributed by atoms with Gasteiger partial charge in [-0.25, -0.2) is 4.79 Å². The number of rotatable bonds is 6. The molecule has 2 aliphatic heterocycles. The zero-order chi connectivity index (χ0) is 23.7. The summed E-state index contributed by atoms with van der Waals surface area (Å²) in [4.78, 5) is 39.5. The lowest BCUT2D eigenvalue weighted by Gasteiger charge is -2.22. The van der Waals surface area contributed by atoms with Gasteiger partial charge in [-0.05, 0) is 48.9 Å². The average Bonchev–Trinajstić information content (AvgIpc) is 3.39. The van der Waals surface area contributed by atoms with Crippen LogP contribution in [0.4, 0.5) is 10.5 Å². The van der Waals surface area contributed by atoms with E-state index in [4.69, 9.17) is 14.2 Å². The van der Waals surface area contributed by atoms with Crippen molar-refractivity contribution in [1.29, 1.82) is 0 Å². The summed E-state index contributed by atoms with van der Waals surface area (Å²) in [6.45, 7) is 1.23. The molecule has 0 aromatic heterocycles. The van der Waals surface area contributed by atoms with Crippen LogP contribution in [0.2, 0.25) is 0 Å². The normalized spacial score (nSPS) is 18.6. The van der Waals surface area contributed by atoms with Crippen molar-refractivity contribution in [3.05, 3.63) is 78.4 Å². The van der Waals surface area contributed by atoms with Gasteiger partial charge in [0.25, 0.3) is 5.91 Å². The Bertz CT molecular complexity index is 1280. The summed E-state index contributed by atoms with van der Waals surface area (Å²) in [7, 11) is 0. The van der Waals surface area contributed by atoms with Crippen LogP contribution in [0.3, 0.4) is 0 Å². The predicted molar refractivity (Wildman–Crippen MR) is 122 cm³/mol. The molecule has 34 heavy (non-hydrogen) atoms. The van der Waals surface area contributed by atoms with E-state index in [0.29, 0.717) is 34.2 Å². The Morgan fingerprint density at radius 3 is 2.59 bits per heavy atom. The zero-order valence-electron chi connectivity index (χ0n) is 18.2. The fourth-order valence-electron chi connectivity index (χ4n) is 3.85. The van der Waals surface area contributed by atoms with Gasteiger partial charge in [-0.1, -0.05) is 36.4 Å². The van der Waals surface area contributed by atoms with Gasteiger partial charge in [-0.3, -0.25) is 14.5 Å². The van der Waals surface area contributed by atoms with Gasteiger partial charge in [0.15, 0.2) is 17.2 Å². The first kappa shape index (κ1) is 21.3. The van der Waals surface area contributed by atoms with Gasteiger partial charge in [0, 0.05) is 0 Å². The largest absolute Gasteiger partial charge is 0.455 e. The van der Waals surface area contributed by atoms with E-state index in [9.17, 15) is 14.4 Å². The highest BCUT2D eigenvalue weighted by Crippen LogP contribution is 2.38. The van der Waals surface area contributed by atoms with Crippen LogP contribution in [0.1, 0.15) is 12.5 Å². The summed E-state index contributed by atoms with van der Waals surface area (Å²) < 4.78 is 16.5. The molecule has 0 radical (unpaired) electrons. The molecular weight excluding hydrogens is 438 g/mol. The third kappa shape index (κ3) is 3.88. The molecule has 5 rings (SSSR count). The van der Waals surface area contributed by atoms with Gasteiger partial charge in [0.1, 0.15) is 17.8 Å². The smallest absolute Gasteiger partial charge is 0.325 e. The Morgan fingerprint density at radius 2 is 1.76 bits per heavy atom. The first-order valence-electron chi connectivity index (χ1n) is 10.6. The third-order valence-electron chi connectivity index (χ3n) is 5.66. The van der Waals surface area contributed by atoms with E-state index in [1.165, 1.54) is 0 Å². The molecule has 9 heteroatoms. The Morgan fingerprint density at radius 1 is 1.03 bits per heavy atom. The first-order chi connectivity index (χ1) is 16.4. The molecule has 1 unspecified atom stereocenters. The van der Waals surface area contributed by atoms with E-state index in [2.05, 4.69) is 10.6 Å². The van der Waals surface area contributed by atoms with E-state index in [-0.39, 0.29) is 6.79 Å². The van der Waals surface area contributed by atoms with Crippen molar-refractivity contribution < 1.29 is 28.6 Å². The molecule has 2 heterocycles. The Hall–Kier alpha value is -4.53. The second-order valence-electron chi connectivity index (χ2n) is 7.97. The number of carbonyl (C=O) groups is 3. The van der Waals surface area contributed by atoms with Crippen molar-refractivity contribution in [1.82, 2.24) is 10.2 Å². The van der Waals surface area contributed by atoms with Gasteiger partial charge in [-0.2, -0.15) is 0 Å². The molecule has 1 atom stereocenters. The minimum atomic E-state index is -1.34. The quantitative estimate of drug-likeness (QED) is 0.546. The summed E-state index contributed by atoms with van der Waals surface area (Å²) in [6.07, 6.45) is 0. The number of imide groups is 1. The lowest BCUT2D eigenvalue weighted by Crippen LogP contribution is -2.42. The van der Waals surface area contributed by atoms with Crippen LogP contribution >= 0.6 is 0 Å². The van der Waals surface area contributed by atoms with Crippen LogP contribution in [-0.2, 0) is 15.1 Å². The van der Waals surface area contributed by atoms with Crippen LogP contribution in [0, 0.1) is 0 Å². The number of nitrogens with zero attached hydrogens (tertiary/aromatic N) is 1. The van der Waals surface area contributed by atoms with Gasteiger partial charge >= 0.3 is 6.03 Å². The average molecular weight is 459 g/mol. The van der Waals surface area contributed by atoms with E-state index < -0.39 is 29.9 Å². The maximum atomic E-state index is 13.2. The van der Waals surface area contributed by atoms with Crippen LogP contribution in [0.15, 0.2) is 72.8 Å². The lowest BCUT2D eigenvalue weighted by molar-refractivity contribution is -0.133. The van der Waals surface area contributed by atoms with Crippen LogP contribution in [0.25, 0.3) is 0 Å². The predicted octanol–water partition coefficient (Wildman–Crippen LogP) is 3.61. The Labute approximate surface area is 195 Å². The zero-order valence-corrected chi connectivity index (χ0v) is 18.2. The van der Waals surface area contributed by atoms with Gasteiger partial charge in [0.05, 0.1) is 5.69 Å². The number of hydrogen-bond donors (Lipinski definition) is 2. The topological polar surface area (TPSA) is 106 Å². The summed E-state index contributed by atoms with van der Waals surface area (Å²) in [5.74, 6) is 1.02. The summed E-state index contributed by atoms with van der Waals surface area (Å²) in [6, 6.07) is 20.4. The minimum Gasteiger partial charge on any atom is -0.455 e. The number of ether oxygens (including phenoxy) is 3. The molecule has 4 amide bonds. The van der Waals surface area contributed by atoms with E-state index in [1.54, 1.807) is 61.5 Å². The highest BCUT2D eigenvalue weighted by Gasteiger charge is 2.50. The van der Waals surface area contributed by atoms with Crippen LogP contribution < -0.4 is 24.8 Å². The Balaban J connectivity index is 1.30. The number of hydrogen-bond acceptors (Lipinski definition) is 6. The number of urea groups is 1. The van der Waals surface area contributed by atoms with Crippen molar-refractivity contribution in [3.63, 3.8) is 0 Å². The number of anilines is 1. The monoisotopic (exact) mass is 459 g/mol. The summed E-state index contributed by atoms with van der Waals surface area (Å²) in [5, 5.41) is 5.41. The molecule has 2 N–H and O–H groups in total. The number of carbonyl (C=O) groups excluding carboxylic acids is 3. The highest BCUT2D eigenvalue weighted by atomic mass is 16.7. The van der Waals surface area contributed by atoms with Crippen LogP contribution in [0.5, 0.6) is 23.0 Å². The van der Waals surface area contributed by atoms with Crippen molar-refractivity contribution in [3.8, 4) is 23.0 Å². The van der Waals surface area contributed by atoms with Gasteiger partial charge in [0.2, 0.25) is 12.7 Å². The number of fused-ring (bicyclic) bond motifs is 1. The number of nitrogens with one attached hydrogen (secondary N) is 2. The molecule has 0 bridgehead atoms. The minimum absolute atomic E-state index is 0.0948. The van der Waals surface area contributed by atoms with Crippen LogP contribution in [-0.4, -0.2) is 36.1 Å². The molecule has 0 saturated carbocycles. The van der Waals surface area contributed by atoms with Gasteiger partial charge in [-0.15, -0.1) is 0 Å². The highest BCUT2D eigenvalue weighted by molar-refractivity contribution is 6.10. The maximum Gasteiger partial charge on any atom is 0.325 e. The summed E-state index contributed by atoms with van der Waals surface area (Å²) >= 11 is 0. The SMILES string of the molecule is CC1(c2ccc3c(c2)OCO3)NC(=O)N(CC(=O)Nc2ccccc2Oc2ccccc2)C1=O. The summed E-state index contributed by atoms with van der Waals surface area (Å²) in [5.41, 5.74) is -0.395. The third-order valence-corrected chi connectivity index (χ3v) is 5.66. The standard InChI is InChI=1S/C25H21N3O6/c1-25(16-11-12-20-21(13-16)33-15-32-20)23(30)28(24(31)27-25)14-22(29)26-18-9-5-6-10-19(18)34-17-7-3-2-4-8-17/h2-13H,14-15H2,1H3,(H,26,29)(H,27,31).